The van der Waals surface area contributed by atoms with E-state index in [1.54, 1.807) is 24.3 Å². The Hall–Kier alpha value is -2.87. The molecular formula is C16H9ClF3N3O2. The minimum Gasteiger partial charge on any atom is -0.299 e. The monoisotopic (exact) mass is 367 g/mol. The van der Waals surface area contributed by atoms with Crippen molar-refractivity contribution in [2.75, 3.05) is 0 Å². The lowest BCUT2D eigenvalue weighted by atomic mass is 10.2. The summed E-state index contributed by atoms with van der Waals surface area (Å²) in [6, 6.07) is 7.74. The molecule has 5 nitrogen and oxygen atoms in total. The number of aromatic nitrogens is 2. The van der Waals surface area contributed by atoms with E-state index in [0.29, 0.717) is 22.7 Å². The Labute approximate surface area is 144 Å². The van der Waals surface area contributed by atoms with Gasteiger partial charge in [0.25, 0.3) is 0 Å². The Balaban J connectivity index is 2.18. The molecule has 1 aromatic carbocycles. The molecule has 0 unspecified atom stereocenters. The molecule has 0 bridgehead atoms. The van der Waals surface area contributed by atoms with Crippen molar-refractivity contribution in [3.8, 4) is 5.82 Å². The Bertz CT molecular complexity index is 996. The molecule has 2 aromatic heterocycles. The van der Waals surface area contributed by atoms with Crippen LogP contribution in [0.1, 0.15) is 11.1 Å². The molecule has 25 heavy (non-hydrogen) atoms. The van der Waals surface area contributed by atoms with Crippen LogP contribution in [0, 0.1) is 10.1 Å². The lowest BCUT2D eigenvalue weighted by Crippen LogP contribution is -2.07. The molecular weight excluding hydrogens is 359 g/mol. The second-order valence-electron chi connectivity index (χ2n) is 5.10. The number of pyridine rings is 1. The molecule has 0 aliphatic carbocycles. The Kier molecular flexibility index (Phi) is 4.22. The highest BCUT2D eigenvalue weighted by atomic mass is 35.5. The fraction of sp³-hybridized carbons (Fsp3) is 0.0625. The first-order valence-corrected chi connectivity index (χ1v) is 7.30. The van der Waals surface area contributed by atoms with Crippen LogP contribution in [0.2, 0.25) is 5.02 Å². The average Bonchev–Trinajstić information content (AvgIpc) is 2.91. The number of para-hydroxylation sites is 1. The van der Waals surface area contributed by atoms with Gasteiger partial charge in [0.1, 0.15) is 0 Å². The number of nitrogens with zero attached hydrogens (tertiary/aromatic N) is 3. The van der Waals surface area contributed by atoms with Crippen LogP contribution < -0.4 is 0 Å². The summed E-state index contributed by atoms with van der Waals surface area (Å²) in [5.41, 5.74) is 0.177. The maximum atomic E-state index is 12.8. The van der Waals surface area contributed by atoms with Crippen molar-refractivity contribution >= 4 is 28.6 Å². The molecule has 0 amide bonds. The zero-order valence-corrected chi connectivity index (χ0v) is 13.1. The van der Waals surface area contributed by atoms with Gasteiger partial charge in [0.05, 0.1) is 21.0 Å². The number of nitro groups is 1. The van der Waals surface area contributed by atoms with Gasteiger partial charge in [-0.3, -0.25) is 14.7 Å². The number of hydrogen-bond donors (Lipinski definition) is 0. The second-order valence-corrected chi connectivity index (χ2v) is 5.51. The first-order chi connectivity index (χ1) is 11.8. The molecule has 0 radical (unpaired) electrons. The smallest absolute Gasteiger partial charge is 0.299 e. The number of fused-ring (bicyclic) bond motifs is 1. The van der Waals surface area contributed by atoms with Crippen molar-refractivity contribution in [1.82, 2.24) is 9.55 Å². The van der Waals surface area contributed by atoms with Crippen molar-refractivity contribution in [3.63, 3.8) is 0 Å². The normalized spacial score (nSPS) is 12.2. The van der Waals surface area contributed by atoms with E-state index in [9.17, 15) is 23.3 Å². The third-order valence-electron chi connectivity index (χ3n) is 3.50. The van der Waals surface area contributed by atoms with Crippen molar-refractivity contribution < 1.29 is 18.1 Å². The second kappa shape index (κ2) is 6.21. The van der Waals surface area contributed by atoms with E-state index in [-0.39, 0.29) is 10.8 Å². The van der Waals surface area contributed by atoms with E-state index < -0.39 is 16.7 Å². The highest BCUT2D eigenvalue weighted by molar-refractivity contribution is 6.32. The van der Waals surface area contributed by atoms with Crippen LogP contribution in [0.15, 0.2) is 48.9 Å². The van der Waals surface area contributed by atoms with E-state index in [4.69, 9.17) is 11.6 Å². The summed E-state index contributed by atoms with van der Waals surface area (Å²) in [6.45, 7) is 0. The topological polar surface area (TPSA) is 61.0 Å². The molecule has 0 fully saturated rings. The van der Waals surface area contributed by atoms with Gasteiger partial charge in [-0.2, -0.15) is 13.2 Å². The van der Waals surface area contributed by atoms with Crippen LogP contribution in [0.4, 0.5) is 13.2 Å². The van der Waals surface area contributed by atoms with Gasteiger partial charge in [0, 0.05) is 29.4 Å². The molecule has 0 spiro atoms. The van der Waals surface area contributed by atoms with Gasteiger partial charge in [-0.15, -0.1) is 0 Å². The zero-order valence-electron chi connectivity index (χ0n) is 12.4. The number of rotatable bonds is 3. The summed E-state index contributed by atoms with van der Waals surface area (Å²) in [7, 11) is 0. The van der Waals surface area contributed by atoms with Gasteiger partial charge >= 0.3 is 6.18 Å². The maximum Gasteiger partial charge on any atom is 0.417 e. The minimum absolute atomic E-state index is 0.103. The molecule has 3 aromatic rings. The summed E-state index contributed by atoms with van der Waals surface area (Å²) in [5.74, 6) is 0.103. The molecule has 0 atom stereocenters. The molecule has 2 heterocycles. The first kappa shape index (κ1) is 17.0. The first-order valence-electron chi connectivity index (χ1n) is 6.92. The van der Waals surface area contributed by atoms with Crippen LogP contribution in [-0.2, 0) is 6.18 Å². The quantitative estimate of drug-likeness (QED) is 0.486. The molecule has 128 valence electrons. The number of benzene rings is 1. The van der Waals surface area contributed by atoms with Gasteiger partial charge < -0.3 is 0 Å². The highest BCUT2D eigenvalue weighted by Gasteiger charge is 2.31. The lowest BCUT2D eigenvalue weighted by molar-refractivity contribution is -0.400. The summed E-state index contributed by atoms with van der Waals surface area (Å²) >= 11 is 6.00. The Morgan fingerprint density at radius 3 is 2.64 bits per heavy atom. The highest BCUT2D eigenvalue weighted by Crippen LogP contribution is 2.33. The summed E-state index contributed by atoms with van der Waals surface area (Å²) in [4.78, 5) is 13.8. The molecule has 0 aliphatic heterocycles. The Morgan fingerprint density at radius 2 is 2.00 bits per heavy atom. The largest absolute Gasteiger partial charge is 0.417 e. The Morgan fingerprint density at radius 1 is 1.28 bits per heavy atom. The van der Waals surface area contributed by atoms with Gasteiger partial charge in [0.15, 0.2) is 5.82 Å². The van der Waals surface area contributed by atoms with E-state index in [2.05, 4.69) is 4.98 Å². The standard InChI is InChI=1S/C16H9ClF3N3O2/c17-13-7-11(16(18,19)20)8-21-15(13)22-9-10(5-6-23(24)25)12-3-1-2-4-14(12)22/h1-9H/b6-5+. The van der Waals surface area contributed by atoms with Gasteiger partial charge in [-0.05, 0) is 12.1 Å². The summed E-state index contributed by atoms with van der Waals surface area (Å²) < 4.78 is 39.8. The van der Waals surface area contributed by atoms with Gasteiger partial charge in [-0.1, -0.05) is 29.8 Å². The van der Waals surface area contributed by atoms with Crippen LogP contribution in [0.5, 0.6) is 0 Å². The SMILES string of the molecule is O=[N+]([O-])/C=C/c1cn(-c2ncc(C(F)(F)F)cc2Cl)c2ccccc12. The predicted octanol–water partition coefficient (Wildman–Crippen LogP) is 4.95. The van der Waals surface area contributed by atoms with Crippen LogP contribution in [0.3, 0.4) is 0 Å². The zero-order chi connectivity index (χ0) is 18.2. The average molecular weight is 368 g/mol. The fourth-order valence-electron chi connectivity index (χ4n) is 2.42. The maximum absolute atomic E-state index is 12.8. The van der Waals surface area contributed by atoms with Crippen molar-refractivity contribution in [2.24, 2.45) is 0 Å². The lowest BCUT2D eigenvalue weighted by Gasteiger charge is -2.10. The summed E-state index contributed by atoms with van der Waals surface area (Å²) in [6.07, 6.45) is -0.229. The van der Waals surface area contributed by atoms with E-state index in [0.717, 1.165) is 12.3 Å². The van der Waals surface area contributed by atoms with Gasteiger partial charge in [0.2, 0.25) is 6.20 Å². The third-order valence-corrected chi connectivity index (χ3v) is 3.77. The van der Waals surface area contributed by atoms with E-state index in [1.165, 1.54) is 16.8 Å². The van der Waals surface area contributed by atoms with E-state index in [1.807, 2.05) is 0 Å². The van der Waals surface area contributed by atoms with Crippen molar-refractivity contribution in [3.05, 3.63) is 75.2 Å². The predicted molar refractivity (Wildman–Crippen MR) is 87.1 cm³/mol. The van der Waals surface area contributed by atoms with E-state index >= 15 is 0 Å². The van der Waals surface area contributed by atoms with Crippen LogP contribution in [0.25, 0.3) is 22.8 Å². The number of hydrogen-bond acceptors (Lipinski definition) is 3. The van der Waals surface area contributed by atoms with Crippen molar-refractivity contribution in [1.29, 1.82) is 0 Å². The molecule has 0 saturated heterocycles. The third kappa shape index (κ3) is 3.34. The fourth-order valence-corrected chi connectivity index (χ4v) is 2.68. The molecule has 9 heteroatoms. The van der Waals surface area contributed by atoms with Crippen molar-refractivity contribution in [2.45, 2.75) is 6.18 Å². The minimum atomic E-state index is -4.55. The van der Waals surface area contributed by atoms with Crippen LogP contribution >= 0.6 is 11.6 Å². The molecule has 0 aliphatic rings. The van der Waals surface area contributed by atoms with Crippen LogP contribution in [-0.4, -0.2) is 14.5 Å². The molecule has 0 saturated carbocycles. The van der Waals surface area contributed by atoms with Gasteiger partial charge in [-0.25, -0.2) is 4.98 Å². The molecule has 0 N–H and O–H groups in total. The number of alkyl halides is 3. The molecule has 3 rings (SSSR count). The summed E-state index contributed by atoms with van der Waals surface area (Å²) in [5, 5.41) is 11.0. The number of halogens is 4.